The molecule has 6 heteroatoms. The van der Waals surface area contributed by atoms with Crippen molar-refractivity contribution in [3.8, 4) is 45.0 Å². The van der Waals surface area contributed by atoms with E-state index in [1.54, 1.807) is 0 Å². The molecule has 0 saturated carbocycles. The summed E-state index contributed by atoms with van der Waals surface area (Å²) < 4.78 is 0. The first-order chi connectivity index (χ1) is 17.7. The minimum Gasteiger partial charge on any atom is -0.208 e. The van der Waals surface area contributed by atoms with E-state index >= 15 is 0 Å². The zero-order valence-corrected chi connectivity index (χ0v) is 22.9. The Balaban J connectivity index is 0.000000674. The summed E-state index contributed by atoms with van der Waals surface area (Å²) in [5, 5.41) is 0.176. The molecule has 1 heterocycles. The smallest absolute Gasteiger partial charge is 0.208 e. The van der Waals surface area contributed by atoms with Crippen LogP contribution in [0, 0.1) is 0 Å². The van der Waals surface area contributed by atoms with Crippen molar-refractivity contribution in [2.45, 2.75) is 13.8 Å². The van der Waals surface area contributed by atoms with Gasteiger partial charge in [0.05, 0.1) is 0 Å². The first-order valence-corrected chi connectivity index (χ1v) is 14.2. The van der Waals surface area contributed by atoms with Crippen LogP contribution >= 0.6 is 34.1 Å². The Labute approximate surface area is 227 Å². The van der Waals surface area contributed by atoms with Crippen LogP contribution in [-0.2, 0) is 0 Å². The van der Waals surface area contributed by atoms with Crippen LogP contribution < -0.4 is 0 Å². The number of nitrogens with zero attached hydrogens (tertiary/aromatic N) is 3. The highest BCUT2D eigenvalue weighted by Crippen LogP contribution is 2.28. The number of hydrogen-bond acceptors (Lipinski definition) is 5. The fourth-order valence-corrected chi connectivity index (χ4v) is 3.71. The lowest BCUT2D eigenvalue weighted by Gasteiger charge is -2.08. The van der Waals surface area contributed by atoms with Crippen molar-refractivity contribution in [3.63, 3.8) is 0 Å². The third-order valence-electron chi connectivity index (χ3n) is 5.06. The Morgan fingerprint density at radius 1 is 0.528 bits per heavy atom. The highest BCUT2D eigenvalue weighted by Gasteiger charge is 2.11. The lowest BCUT2D eigenvalue weighted by molar-refractivity contribution is 1.07. The molecule has 1 aromatic heterocycles. The van der Waals surface area contributed by atoms with Crippen molar-refractivity contribution in [1.82, 2.24) is 15.0 Å². The van der Waals surface area contributed by atoms with Crippen LogP contribution in [0.1, 0.15) is 13.8 Å². The second-order valence-electron chi connectivity index (χ2n) is 7.33. The molecule has 0 fully saturated rings. The Morgan fingerprint density at radius 2 is 0.861 bits per heavy atom. The van der Waals surface area contributed by atoms with E-state index in [0.717, 1.165) is 33.4 Å². The summed E-state index contributed by atoms with van der Waals surface area (Å²) in [6.07, 6.45) is 1.91. The van der Waals surface area contributed by atoms with Gasteiger partial charge in [-0.05, 0) is 52.2 Å². The van der Waals surface area contributed by atoms with Crippen molar-refractivity contribution >= 4 is 34.1 Å². The van der Waals surface area contributed by atoms with Gasteiger partial charge in [-0.3, -0.25) is 0 Å². The molecule has 0 atom stereocenters. The van der Waals surface area contributed by atoms with Gasteiger partial charge in [-0.2, -0.15) is 9.97 Å². The van der Waals surface area contributed by atoms with E-state index in [2.05, 4.69) is 70.2 Å². The van der Waals surface area contributed by atoms with E-state index in [1.807, 2.05) is 80.8 Å². The summed E-state index contributed by atoms with van der Waals surface area (Å²) in [7, 11) is 1.44. The number of benzene rings is 4. The minimum atomic E-state index is 0.176. The van der Waals surface area contributed by atoms with Crippen LogP contribution in [0.4, 0.5) is 0 Å². The van der Waals surface area contributed by atoms with Crippen LogP contribution in [0.3, 0.4) is 0 Å². The lowest BCUT2D eigenvalue weighted by Crippen LogP contribution is -1.97. The molecule has 0 spiro atoms. The molecule has 5 aromatic rings. The molecular weight excluding hydrogens is 502 g/mol. The van der Waals surface area contributed by atoms with Crippen LogP contribution in [-0.4, -0.2) is 21.2 Å². The SMILES string of the molecule is CC.CSS.Clc1nc(-c2cccc(-c3ccccc3)c2)nc(-c2cccc(-c3ccccc3)c2)n1. The maximum Gasteiger partial charge on any atom is 0.226 e. The fraction of sp³-hybridized carbons (Fsp3) is 0.100. The Bertz CT molecular complexity index is 1260. The minimum absolute atomic E-state index is 0.176. The van der Waals surface area contributed by atoms with Crippen molar-refractivity contribution in [1.29, 1.82) is 0 Å². The van der Waals surface area contributed by atoms with E-state index in [1.165, 1.54) is 10.8 Å². The number of halogens is 1. The summed E-state index contributed by atoms with van der Waals surface area (Å²) >= 11 is 10.0. The van der Waals surface area contributed by atoms with E-state index in [9.17, 15) is 0 Å². The fourth-order valence-electron chi connectivity index (χ4n) is 3.55. The quantitative estimate of drug-likeness (QED) is 0.186. The predicted molar refractivity (Wildman–Crippen MR) is 160 cm³/mol. The molecule has 0 radical (unpaired) electrons. The van der Waals surface area contributed by atoms with Crippen molar-refractivity contribution in [2.24, 2.45) is 0 Å². The van der Waals surface area contributed by atoms with Gasteiger partial charge < -0.3 is 0 Å². The number of hydrogen-bond donors (Lipinski definition) is 1. The first kappa shape index (κ1) is 27.5. The summed E-state index contributed by atoms with van der Waals surface area (Å²) in [6, 6.07) is 36.7. The van der Waals surface area contributed by atoms with Gasteiger partial charge in [-0.15, -0.1) is 22.5 Å². The monoisotopic (exact) mass is 529 g/mol. The number of aromatic nitrogens is 3. The molecule has 0 amide bonds. The average Bonchev–Trinajstić information content (AvgIpc) is 2.95. The Kier molecular flexibility index (Phi) is 11.0. The zero-order chi connectivity index (χ0) is 25.8. The largest absolute Gasteiger partial charge is 0.226 e. The van der Waals surface area contributed by atoms with E-state index in [0.29, 0.717) is 11.6 Å². The van der Waals surface area contributed by atoms with Gasteiger partial charge in [0, 0.05) is 11.1 Å². The molecule has 4 aromatic carbocycles. The second-order valence-corrected chi connectivity index (χ2v) is 9.13. The third kappa shape index (κ3) is 7.44. The Morgan fingerprint density at radius 3 is 1.25 bits per heavy atom. The standard InChI is InChI=1S/C27H18ClN3.C2H6.CH4S2/c28-27-30-25(23-15-7-13-21(17-23)19-9-3-1-4-10-19)29-26(31-27)24-16-8-14-22(18-24)20-11-5-2-6-12-20;1-2;1-3-2/h1-18H;1-2H3;2H,1H3. The maximum atomic E-state index is 6.30. The van der Waals surface area contributed by atoms with E-state index in [4.69, 9.17) is 16.6 Å². The van der Waals surface area contributed by atoms with E-state index in [-0.39, 0.29) is 5.28 Å². The summed E-state index contributed by atoms with van der Waals surface area (Å²) in [6.45, 7) is 4.00. The zero-order valence-electron chi connectivity index (χ0n) is 20.5. The molecule has 5 rings (SSSR count). The molecule has 0 saturated heterocycles. The predicted octanol–water partition coefficient (Wildman–Crippen LogP) is 9.41. The number of rotatable bonds is 4. The molecule has 0 N–H and O–H groups in total. The van der Waals surface area contributed by atoms with Gasteiger partial charge in [0.15, 0.2) is 11.6 Å². The molecule has 36 heavy (non-hydrogen) atoms. The molecule has 0 unspecified atom stereocenters. The molecule has 0 aliphatic rings. The first-order valence-electron chi connectivity index (χ1n) is 11.6. The van der Waals surface area contributed by atoms with E-state index < -0.39 is 0 Å². The normalized spacial score (nSPS) is 9.92. The van der Waals surface area contributed by atoms with Crippen molar-refractivity contribution < 1.29 is 0 Å². The van der Waals surface area contributed by atoms with Crippen LogP contribution in [0.5, 0.6) is 0 Å². The molecule has 182 valence electrons. The van der Waals surface area contributed by atoms with Crippen LogP contribution in [0.2, 0.25) is 5.28 Å². The molecule has 3 nitrogen and oxygen atoms in total. The summed E-state index contributed by atoms with van der Waals surface area (Å²) in [5.74, 6) is 1.11. The van der Waals surface area contributed by atoms with Crippen molar-refractivity contribution in [2.75, 3.05) is 6.26 Å². The van der Waals surface area contributed by atoms with Gasteiger partial charge >= 0.3 is 0 Å². The lowest BCUT2D eigenvalue weighted by atomic mass is 10.0. The third-order valence-corrected chi connectivity index (χ3v) is 5.23. The summed E-state index contributed by atoms with van der Waals surface area (Å²) in [5.41, 5.74) is 6.27. The van der Waals surface area contributed by atoms with Crippen molar-refractivity contribution in [3.05, 3.63) is 114 Å². The van der Waals surface area contributed by atoms with Gasteiger partial charge in [0.1, 0.15) is 0 Å². The van der Waals surface area contributed by atoms with Crippen LogP contribution in [0.25, 0.3) is 45.0 Å². The molecule has 0 aliphatic heterocycles. The molecule has 0 aliphatic carbocycles. The second kappa shape index (κ2) is 14.4. The van der Waals surface area contributed by atoms with Crippen LogP contribution in [0.15, 0.2) is 109 Å². The van der Waals surface area contributed by atoms with Gasteiger partial charge in [0.25, 0.3) is 0 Å². The topological polar surface area (TPSA) is 38.7 Å². The summed E-state index contributed by atoms with van der Waals surface area (Å²) in [4.78, 5) is 13.5. The number of thiol groups is 1. The highest BCUT2D eigenvalue weighted by molar-refractivity contribution is 8.68. The molecule has 0 bridgehead atoms. The van der Waals surface area contributed by atoms with Gasteiger partial charge in [-0.1, -0.05) is 111 Å². The Hall–Kier alpha value is -3.12. The average molecular weight is 530 g/mol. The highest BCUT2D eigenvalue weighted by atomic mass is 35.5. The van der Waals surface area contributed by atoms with Gasteiger partial charge in [0.2, 0.25) is 5.28 Å². The molecular formula is C30H28ClN3S2. The van der Waals surface area contributed by atoms with Gasteiger partial charge in [-0.25, -0.2) is 4.98 Å². The maximum absolute atomic E-state index is 6.30.